The Morgan fingerprint density at radius 1 is 1.14 bits per heavy atom. The van der Waals surface area contributed by atoms with Crippen LogP contribution in [0, 0.1) is 5.41 Å². The topological polar surface area (TPSA) is 78.4 Å². The molecule has 122 valence electrons. The fraction of sp³-hybridized carbons (Fsp3) is 0.529. The third-order valence-electron chi connectivity index (χ3n) is 4.13. The number of nitrogens with one attached hydrogen (secondary N) is 2. The molecule has 0 radical (unpaired) electrons. The summed E-state index contributed by atoms with van der Waals surface area (Å²) in [6, 6.07) is 7.20. The van der Waals surface area contributed by atoms with Crippen molar-refractivity contribution < 1.29 is 14.7 Å². The van der Waals surface area contributed by atoms with Gasteiger partial charge in [-0.15, -0.1) is 0 Å². The summed E-state index contributed by atoms with van der Waals surface area (Å²) in [4.78, 5) is 23.0. The first-order chi connectivity index (χ1) is 10.4. The highest BCUT2D eigenvalue weighted by atomic mass is 16.3. The van der Waals surface area contributed by atoms with Crippen molar-refractivity contribution in [1.29, 1.82) is 0 Å². The predicted octanol–water partition coefficient (Wildman–Crippen LogP) is 2.10. The van der Waals surface area contributed by atoms with E-state index in [1.807, 2.05) is 26.0 Å². The van der Waals surface area contributed by atoms with Gasteiger partial charge in [-0.2, -0.15) is 0 Å². The maximum absolute atomic E-state index is 12.0. The number of hydrogen-bond donors (Lipinski definition) is 3. The Balaban J connectivity index is 2.53. The molecule has 0 aliphatic carbocycles. The summed E-state index contributed by atoms with van der Waals surface area (Å²) >= 11 is 0. The Hall–Kier alpha value is -1.88. The average molecular weight is 306 g/mol. The molecule has 0 saturated carbocycles. The molecule has 1 rings (SSSR count). The van der Waals surface area contributed by atoms with Crippen LogP contribution in [-0.2, 0) is 16.0 Å². The molecule has 0 spiro atoms. The van der Waals surface area contributed by atoms with Crippen molar-refractivity contribution >= 4 is 17.5 Å². The largest absolute Gasteiger partial charge is 0.396 e. The van der Waals surface area contributed by atoms with E-state index in [1.165, 1.54) is 6.92 Å². The number of aliphatic hydroxyl groups is 1. The van der Waals surface area contributed by atoms with E-state index in [-0.39, 0.29) is 30.3 Å². The highest BCUT2D eigenvalue weighted by Gasteiger charge is 2.25. The number of carbonyl (C=O) groups excluding carboxylic acids is 2. The van der Waals surface area contributed by atoms with Crippen molar-refractivity contribution in [2.75, 3.05) is 18.5 Å². The third-order valence-corrected chi connectivity index (χ3v) is 4.13. The lowest BCUT2D eigenvalue weighted by Gasteiger charge is -2.29. The Kier molecular flexibility index (Phi) is 7.05. The van der Waals surface area contributed by atoms with Crippen molar-refractivity contribution in [2.24, 2.45) is 5.41 Å². The molecule has 0 fully saturated rings. The second-order valence-electron chi connectivity index (χ2n) is 5.70. The van der Waals surface area contributed by atoms with Gasteiger partial charge < -0.3 is 15.7 Å². The van der Waals surface area contributed by atoms with Gasteiger partial charge >= 0.3 is 0 Å². The Morgan fingerprint density at radius 3 is 2.18 bits per heavy atom. The normalized spacial score (nSPS) is 11.1. The number of anilines is 1. The minimum atomic E-state index is -0.231. The van der Waals surface area contributed by atoms with Crippen LogP contribution in [0.15, 0.2) is 24.3 Å². The van der Waals surface area contributed by atoms with Crippen LogP contribution in [0.1, 0.15) is 39.2 Å². The smallest absolute Gasteiger partial charge is 0.224 e. The Bertz CT molecular complexity index is 485. The summed E-state index contributed by atoms with van der Waals surface area (Å²) in [6.45, 7) is 6.06. The van der Waals surface area contributed by atoms with Gasteiger partial charge in [-0.05, 0) is 30.5 Å². The molecule has 0 aliphatic rings. The highest BCUT2D eigenvalue weighted by Crippen LogP contribution is 2.24. The van der Waals surface area contributed by atoms with Crippen molar-refractivity contribution in [3.05, 3.63) is 29.8 Å². The zero-order valence-electron chi connectivity index (χ0n) is 13.6. The van der Waals surface area contributed by atoms with Crippen molar-refractivity contribution in [3.8, 4) is 0 Å². The molecular formula is C17H26N2O3. The maximum Gasteiger partial charge on any atom is 0.224 e. The lowest BCUT2D eigenvalue weighted by Crippen LogP contribution is -2.39. The van der Waals surface area contributed by atoms with Crippen LogP contribution in [0.25, 0.3) is 0 Å². The summed E-state index contributed by atoms with van der Waals surface area (Å²) in [7, 11) is 0. The number of amides is 2. The van der Waals surface area contributed by atoms with Gasteiger partial charge in [0.05, 0.1) is 13.0 Å². The third kappa shape index (κ3) is 5.48. The van der Waals surface area contributed by atoms with Gasteiger partial charge in [-0.3, -0.25) is 9.59 Å². The lowest BCUT2D eigenvalue weighted by atomic mass is 9.83. The highest BCUT2D eigenvalue weighted by molar-refractivity contribution is 5.88. The molecule has 3 N–H and O–H groups in total. The molecule has 1 aromatic carbocycles. The number of rotatable bonds is 8. The van der Waals surface area contributed by atoms with Crippen LogP contribution in [0.2, 0.25) is 0 Å². The van der Waals surface area contributed by atoms with E-state index < -0.39 is 0 Å². The summed E-state index contributed by atoms with van der Waals surface area (Å²) in [6.07, 6.45) is 1.94. The van der Waals surface area contributed by atoms with E-state index in [1.54, 1.807) is 12.1 Å². The number of benzene rings is 1. The maximum atomic E-state index is 12.0. The van der Waals surface area contributed by atoms with Gasteiger partial charge in [0.1, 0.15) is 0 Å². The van der Waals surface area contributed by atoms with E-state index in [2.05, 4.69) is 10.6 Å². The van der Waals surface area contributed by atoms with E-state index >= 15 is 0 Å². The Morgan fingerprint density at radius 2 is 1.73 bits per heavy atom. The summed E-state index contributed by atoms with van der Waals surface area (Å²) in [5.41, 5.74) is 1.37. The number of carbonyl (C=O) groups is 2. The van der Waals surface area contributed by atoms with Gasteiger partial charge in [-0.25, -0.2) is 0 Å². The van der Waals surface area contributed by atoms with Crippen LogP contribution >= 0.6 is 0 Å². The Labute approximate surface area is 132 Å². The fourth-order valence-corrected chi connectivity index (χ4v) is 2.22. The first kappa shape index (κ1) is 18.2. The number of aliphatic hydroxyl groups excluding tert-OH is 1. The summed E-state index contributed by atoms with van der Waals surface area (Å²) in [5.74, 6) is -0.183. The van der Waals surface area contributed by atoms with Crippen LogP contribution in [0.3, 0.4) is 0 Å². The van der Waals surface area contributed by atoms with Crippen molar-refractivity contribution in [2.45, 2.75) is 40.0 Å². The van der Waals surface area contributed by atoms with Gasteiger partial charge in [0.15, 0.2) is 0 Å². The van der Waals surface area contributed by atoms with Gasteiger partial charge in [0.2, 0.25) is 11.8 Å². The van der Waals surface area contributed by atoms with Crippen molar-refractivity contribution in [3.63, 3.8) is 0 Å². The second kappa shape index (κ2) is 8.54. The lowest BCUT2D eigenvalue weighted by molar-refractivity contribution is -0.121. The molecule has 0 unspecified atom stereocenters. The molecule has 0 aliphatic heterocycles. The SMILES string of the molecule is CCC(CC)(CO)CNC(=O)Cc1ccc(NC(C)=O)cc1. The molecule has 0 aromatic heterocycles. The summed E-state index contributed by atoms with van der Waals surface area (Å²) < 4.78 is 0. The number of hydrogen-bond acceptors (Lipinski definition) is 3. The predicted molar refractivity (Wildman–Crippen MR) is 87.6 cm³/mol. The standard InChI is InChI=1S/C17H26N2O3/c1-4-17(5-2,12-20)11-18-16(22)10-14-6-8-15(9-7-14)19-13(3)21/h6-9,20H,4-5,10-12H2,1-3H3,(H,18,22)(H,19,21). The average Bonchev–Trinajstić information content (AvgIpc) is 2.51. The van der Waals surface area contributed by atoms with E-state index in [0.29, 0.717) is 12.2 Å². The molecule has 1 aromatic rings. The van der Waals surface area contributed by atoms with Gasteiger partial charge in [0.25, 0.3) is 0 Å². The van der Waals surface area contributed by atoms with Crippen LogP contribution < -0.4 is 10.6 Å². The van der Waals surface area contributed by atoms with E-state index in [9.17, 15) is 14.7 Å². The molecule has 0 atom stereocenters. The molecule has 0 saturated heterocycles. The van der Waals surface area contributed by atoms with Crippen LogP contribution in [0.5, 0.6) is 0 Å². The molecule has 22 heavy (non-hydrogen) atoms. The molecule has 5 heteroatoms. The quantitative estimate of drug-likeness (QED) is 0.688. The molecule has 0 heterocycles. The first-order valence-electron chi connectivity index (χ1n) is 7.68. The minimum Gasteiger partial charge on any atom is -0.396 e. The first-order valence-corrected chi connectivity index (χ1v) is 7.68. The molecule has 0 bridgehead atoms. The van der Waals surface area contributed by atoms with Gasteiger partial charge in [0, 0.05) is 24.6 Å². The van der Waals surface area contributed by atoms with Crippen LogP contribution in [-0.4, -0.2) is 30.1 Å². The monoisotopic (exact) mass is 306 g/mol. The zero-order chi connectivity index (χ0) is 16.6. The second-order valence-corrected chi connectivity index (χ2v) is 5.70. The minimum absolute atomic E-state index is 0.0630. The molecular weight excluding hydrogens is 280 g/mol. The van der Waals surface area contributed by atoms with E-state index in [4.69, 9.17) is 0 Å². The van der Waals surface area contributed by atoms with Crippen molar-refractivity contribution in [1.82, 2.24) is 5.32 Å². The van der Waals surface area contributed by atoms with Gasteiger partial charge in [-0.1, -0.05) is 26.0 Å². The van der Waals surface area contributed by atoms with Crippen LogP contribution in [0.4, 0.5) is 5.69 Å². The summed E-state index contributed by atoms with van der Waals surface area (Å²) in [5, 5.41) is 15.1. The fourth-order valence-electron chi connectivity index (χ4n) is 2.22. The molecule has 2 amide bonds. The zero-order valence-corrected chi connectivity index (χ0v) is 13.6. The van der Waals surface area contributed by atoms with E-state index in [0.717, 1.165) is 18.4 Å². The molecule has 5 nitrogen and oxygen atoms in total.